The molecule has 98 valence electrons. The molecule has 0 saturated heterocycles. The van der Waals surface area contributed by atoms with Crippen molar-refractivity contribution in [2.75, 3.05) is 0 Å². The topological polar surface area (TPSA) is 38.7 Å². The number of aryl methyl sites for hydroxylation is 2. The van der Waals surface area contributed by atoms with Crippen molar-refractivity contribution in [3.8, 4) is 22.8 Å². The summed E-state index contributed by atoms with van der Waals surface area (Å²) < 4.78 is 0. The van der Waals surface area contributed by atoms with E-state index in [1.165, 1.54) is 11.1 Å². The van der Waals surface area contributed by atoms with Crippen LogP contribution in [-0.4, -0.2) is 15.0 Å². The van der Waals surface area contributed by atoms with E-state index in [9.17, 15) is 0 Å². The molecule has 1 heterocycles. The Kier molecular flexibility index (Phi) is 3.25. The van der Waals surface area contributed by atoms with Gasteiger partial charge in [-0.15, -0.1) is 0 Å². The number of hydrogen-bond acceptors (Lipinski definition) is 3. The van der Waals surface area contributed by atoms with Gasteiger partial charge in [-0.05, 0) is 13.8 Å². The third-order valence-corrected chi connectivity index (χ3v) is 3.19. The van der Waals surface area contributed by atoms with E-state index in [4.69, 9.17) is 0 Å². The highest BCUT2D eigenvalue weighted by molar-refractivity contribution is 5.60. The summed E-state index contributed by atoms with van der Waals surface area (Å²) in [6, 6.07) is 16.4. The van der Waals surface area contributed by atoms with E-state index in [1.807, 2.05) is 24.3 Å². The van der Waals surface area contributed by atoms with Gasteiger partial charge in [0.05, 0.1) is 0 Å². The molecule has 0 radical (unpaired) electrons. The average Bonchev–Trinajstić information content (AvgIpc) is 2.49. The molecular weight excluding hydrogens is 246 g/mol. The monoisotopic (exact) mass is 261 g/mol. The summed E-state index contributed by atoms with van der Waals surface area (Å²) in [5, 5.41) is 0. The summed E-state index contributed by atoms with van der Waals surface area (Å²) in [6.07, 6.45) is 1.57. The van der Waals surface area contributed by atoms with Gasteiger partial charge in [-0.2, -0.15) is 0 Å². The summed E-state index contributed by atoms with van der Waals surface area (Å²) in [6.45, 7) is 4.13. The molecule has 0 fully saturated rings. The maximum absolute atomic E-state index is 4.55. The van der Waals surface area contributed by atoms with Crippen LogP contribution in [0.25, 0.3) is 22.8 Å². The molecule has 1 aromatic heterocycles. The van der Waals surface area contributed by atoms with Crippen LogP contribution in [0.15, 0.2) is 54.9 Å². The molecule has 0 N–H and O–H groups in total. The molecule has 3 rings (SSSR count). The molecule has 0 aliphatic heterocycles. The van der Waals surface area contributed by atoms with Gasteiger partial charge in [-0.25, -0.2) is 15.0 Å². The molecule has 0 unspecified atom stereocenters. The number of hydrogen-bond donors (Lipinski definition) is 0. The number of nitrogens with zero attached hydrogens (tertiary/aromatic N) is 3. The van der Waals surface area contributed by atoms with Crippen LogP contribution in [0.4, 0.5) is 0 Å². The zero-order valence-corrected chi connectivity index (χ0v) is 11.5. The summed E-state index contributed by atoms with van der Waals surface area (Å²) in [7, 11) is 0. The molecule has 0 saturated carbocycles. The van der Waals surface area contributed by atoms with E-state index in [0.29, 0.717) is 11.6 Å². The van der Waals surface area contributed by atoms with Crippen LogP contribution in [0.2, 0.25) is 0 Å². The van der Waals surface area contributed by atoms with Crippen LogP contribution in [0.1, 0.15) is 11.1 Å². The highest BCUT2D eigenvalue weighted by atomic mass is 15.0. The van der Waals surface area contributed by atoms with Gasteiger partial charge >= 0.3 is 0 Å². The van der Waals surface area contributed by atoms with Gasteiger partial charge in [0, 0.05) is 11.1 Å². The van der Waals surface area contributed by atoms with Crippen LogP contribution in [0.3, 0.4) is 0 Å². The maximum atomic E-state index is 4.55. The van der Waals surface area contributed by atoms with Crippen molar-refractivity contribution in [1.29, 1.82) is 0 Å². The molecule has 0 atom stereocenters. The summed E-state index contributed by atoms with van der Waals surface area (Å²) >= 11 is 0. The first-order valence-corrected chi connectivity index (χ1v) is 6.55. The molecule has 0 bridgehead atoms. The number of benzene rings is 2. The van der Waals surface area contributed by atoms with Gasteiger partial charge in [0.1, 0.15) is 6.33 Å². The quantitative estimate of drug-likeness (QED) is 0.704. The van der Waals surface area contributed by atoms with Gasteiger partial charge < -0.3 is 0 Å². The molecule has 3 heteroatoms. The van der Waals surface area contributed by atoms with Crippen molar-refractivity contribution in [3.05, 3.63) is 66.0 Å². The highest BCUT2D eigenvalue weighted by Gasteiger charge is 2.05. The van der Waals surface area contributed by atoms with Crippen LogP contribution in [0, 0.1) is 13.8 Å². The van der Waals surface area contributed by atoms with Crippen molar-refractivity contribution in [2.45, 2.75) is 13.8 Å². The van der Waals surface area contributed by atoms with Crippen LogP contribution in [0.5, 0.6) is 0 Å². The molecule has 0 aliphatic carbocycles. The molecular formula is C17H15N3. The molecule has 3 aromatic rings. The minimum absolute atomic E-state index is 0.704. The lowest BCUT2D eigenvalue weighted by atomic mass is 10.1. The summed E-state index contributed by atoms with van der Waals surface area (Å²) in [5.74, 6) is 1.41. The predicted molar refractivity (Wildman–Crippen MR) is 80.2 cm³/mol. The normalized spacial score (nSPS) is 10.5. The Morgan fingerprint density at radius 3 is 1.40 bits per heavy atom. The fourth-order valence-electron chi connectivity index (χ4n) is 1.98. The van der Waals surface area contributed by atoms with Crippen molar-refractivity contribution in [1.82, 2.24) is 15.0 Å². The van der Waals surface area contributed by atoms with Gasteiger partial charge in [0.25, 0.3) is 0 Å². The molecule has 20 heavy (non-hydrogen) atoms. The molecule has 0 aliphatic rings. The average molecular weight is 261 g/mol. The first-order valence-electron chi connectivity index (χ1n) is 6.55. The van der Waals surface area contributed by atoms with Crippen LogP contribution >= 0.6 is 0 Å². The highest BCUT2D eigenvalue weighted by Crippen LogP contribution is 2.19. The van der Waals surface area contributed by atoms with E-state index in [2.05, 4.69) is 53.1 Å². The van der Waals surface area contributed by atoms with E-state index >= 15 is 0 Å². The second-order valence-electron chi connectivity index (χ2n) is 4.86. The van der Waals surface area contributed by atoms with Gasteiger partial charge in [-0.3, -0.25) is 0 Å². The zero-order valence-electron chi connectivity index (χ0n) is 11.5. The molecule has 2 aromatic carbocycles. The Hall–Kier alpha value is -2.55. The van der Waals surface area contributed by atoms with E-state index in [-0.39, 0.29) is 0 Å². The smallest absolute Gasteiger partial charge is 0.163 e. The van der Waals surface area contributed by atoms with E-state index < -0.39 is 0 Å². The number of rotatable bonds is 2. The largest absolute Gasteiger partial charge is 0.217 e. The lowest BCUT2D eigenvalue weighted by Crippen LogP contribution is -1.95. The third kappa shape index (κ3) is 2.57. The lowest BCUT2D eigenvalue weighted by molar-refractivity contribution is 1.06. The zero-order chi connectivity index (χ0) is 13.9. The Morgan fingerprint density at radius 1 is 0.600 bits per heavy atom. The fraction of sp³-hybridized carbons (Fsp3) is 0.118. The maximum Gasteiger partial charge on any atom is 0.163 e. The first kappa shape index (κ1) is 12.5. The Balaban J connectivity index is 2.01. The predicted octanol–water partition coefficient (Wildman–Crippen LogP) is 3.82. The Bertz CT molecular complexity index is 655. The minimum atomic E-state index is 0.704. The second-order valence-corrected chi connectivity index (χ2v) is 4.86. The van der Waals surface area contributed by atoms with E-state index in [1.54, 1.807) is 6.33 Å². The van der Waals surface area contributed by atoms with Crippen molar-refractivity contribution < 1.29 is 0 Å². The first-order chi connectivity index (χ1) is 9.72. The lowest BCUT2D eigenvalue weighted by Gasteiger charge is -2.04. The SMILES string of the molecule is Cc1ccc(-c2ncnc(-c3ccc(C)cc3)n2)cc1. The van der Waals surface area contributed by atoms with Crippen molar-refractivity contribution >= 4 is 0 Å². The third-order valence-electron chi connectivity index (χ3n) is 3.19. The summed E-state index contributed by atoms with van der Waals surface area (Å²) in [5.41, 5.74) is 4.46. The minimum Gasteiger partial charge on any atom is -0.217 e. The summed E-state index contributed by atoms with van der Waals surface area (Å²) in [4.78, 5) is 13.1. The number of aromatic nitrogens is 3. The van der Waals surface area contributed by atoms with Gasteiger partial charge in [0.2, 0.25) is 0 Å². The Morgan fingerprint density at radius 2 is 1.00 bits per heavy atom. The fourth-order valence-corrected chi connectivity index (χ4v) is 1.98. The molecule has 3 nitrogen and oxygen atoms in total. The van der Waals surface area contributed by atoms with Crippen molar-refractivity contribution in [2.24, 2.45) is 0 Å². The van der Waals surface area contributed by atoms with Crippen molar-refractivity contribution in [3.63, 3.8) is 0 Å². The standard InChI is InChI=1S/C17H15N3/c1-12-3-7-14(8-4-12)16-18-11-19-17(20-16)15-9-5-13(2)6-10-15/h3-11H,1-2H3. The van der Waals surface area contributed by atoms with E-state index in [0.717, 1.165) is 11.1 Å². The Labute approximate surface area is 118 Å². The van der Waals surface area contributed by atoms with Gasteiger partial charge in [-0.1, -0.05) is 59.7 Å². The molecule has 0 amide bonds. The second kappa shape index (κ2) is 5.21. The van der Waals surface area contributed by atoms with Gasteiger partial charge in [0.15, 0.2) is 11.6 Å². The van der Waals surface area contributed by atoms with Crippen LogP contribution < -0.4 is 0 Å². The van der Waals surface area contributed by atoms with Crippen LogP contribution in [-0.2, 0) is 0 Å². The molecule has 0 spiro atoms.